The normalized spacial score (nSPS) is 13.8. The Bertz CT molecular complexity index is 4130. The Labute approximate surface area is 371 Å². The molecule has 5 heteroatoms. The van der Waals surface area contributed by atoms with Crippen molar-refractivity contribution in [3.63, 3.8) is 0 Å². The minimum Gasteiger partial charge on any atom is -0.455 e. The molecule has 12 rings (SSSR count). The molecule has 0 radical (unpaired) electrons. The number of hydrogen-bond donors (Lipinski definition) is 0. The van der Waals surface area contributed by atoms with Crippen LogP contribution in [0.25, 0.3) is 117 Å². The van der Waals surface area contributed by atoms with Crippen molar-refractivity contribution in [2.24, 2.45) is 0 Å². The van der Waals surface area contributed by atoms with Gasteiger partial charge in [0, 0.05) is 49.4 Å². The molecule has 5 nitrogen and oxygen atoms in total. The minimum atomic E-state index is -0.367. The Kier molecular flexibility index (Phi) is 6.31. The van der Waals surface area contributed by atoms with Crippen LogP contribution >= 0.6 is 0 Å². The molecule has 3 heterocycles. The molecule has 0 saturated carbocycles. The molecule has 290 valence electrons. The van der Waals surface area contributed by atoms with Crippen LogP contribution < -0.4 is 0 Å². The van der Waals surface area contributed by atoms with Crippen LogP contribution in [0.5, 0.6) is 0 Å². The maximum absolute atomic E-state index is 10.2. The highest BCUT2D eigenvalue weighted by molar-refractivity contribution is 6.18. The molecule has 62 heavy (non-hydrogen) atoms. The summed E-state index contributed by atoms with van der Waals surface area (Å²) in [6.45, 7) is 0. The zero-order valence-electron chi connectivity index (χ0n) is 42.7. The Morgan fingerprint density at radius 3 is 1.76 bits per heavy atom. The van der Waals surface area contributed by atoms with Crippen molar-refractivity contribution in [3.05, 3.63) is 218 Å². The Morgan fingerprint density at radius 2 is 1.03 bits per heavy atom. The SMILES string of the molecule is [2H]c1cc([2H])c(-c2c([2H])c(-c3c([2H])cc([2H])cc3[2H])c3c4cc([2H])cc([2H])c4n(-c4ccc(-c5nc(-c6ccccc6)nc(-c6ccccc6)n5)cc4-c4cccc5c4oc4ccccc45)c3c2[2H])c([2H])c1. The predicted octanol–water partition coefficient (Wildman–Crippen LogP) is 14.9. The second kappa shape index (κ2) is 14.7. The fourth-order valence-corrected chi connectivity index (χ4v) is 8.26. The van der Waals surface area contributed by atoms with Crippen molar-refractivity contribution in [2.75, 3.05) is 0 Å². The van der Waals surface area contributed by atoms with Gasteiger partial charge in [-0.05, 0) is 64.6 Å². The van der Waals surface area contributed by atoms with Gasteiger partial charge in [-0.1, -0.05) is 176 Å². The number of hydrogen-bond acceptors (Lipinski definition) is 4. The van der Waals surface area contributed by atoms with E-state index in [1.165, 1.54) is 36.4 Å². The quantitative estimate of drug-likeness (QED) is 0.161. The lowest BCUT2D eigenvalue weighted by molar-refractivity contribution is 0.670. The van der Waals surface area contributed by atoms with Crippen LogP contribution in [0.2, 0.25) is 0 Å². The Morgan fingerprint density at radius 1 is 0.403 bits per heavy atom. The van der Waals surface area contributed by atoms with Gasteiger partial charge in [0.15, 0.2) is 17.5 Å². The number of para-hydroxylation sites is 3. The molecule has 0 aliphatic heterocycles. The van der Waals surface area contributed by atoms with Crippen molar-refractivity contribution >= 4 is 43.7 Å². The first kappa shape index (κ1) is 26.6. The van der Waals surface area contributed by atoms with Crippen LogP contribution in [-0.2, 0) is 0 Å². The van der Waals surface area contributed by atoms with E-state index in [-0.39, 0.29) is 104 Å². The molecule has 0 N–H and O–H groups in total. The monoisotopic (exact) mass is 802 g/mol. The lowest BCUT2D eigenvalue weighted by Gasteiger charge is -2.17. The second-order valence-corrected chi connectivity index (χ2v) is 14.7. The van der Waals surface area contributed by atoms with Crippen LogP contribution in [-0.4, -0.2) is 19.5 Å². The summed E-state index contributed by atoms with van der Waals surface area (Å²) in [5.74, 6) is 1.25. The van der Waals surface area contributed by atoms with Crippen LogP contribution in [0, 0.1) is 0 Å². The fraction of sp³-hybridized carbons (Fsp3) is 0. The average Bonchev–Trinajstić information content (AvgIpc) is 3.92. The van der Waals surface area contributed by atoms with E-state index in [2.05, 4.69) is 0 Å². The number of benzene rings is 9. The minimum absolute atomic E-state index is 0.00174. The summed E-state index contributed by atoms with van der Waals surface area (Å²) in [6, 6.07) is 44.2. The molecule has 0 amide bonds. The van der Waals surface area contributed by atoms with Gasteiger partial charge in [0.1, 0.15) is 11.2 Å². The number of nitrogens with zero attached hydrogens (tertiary/aromatic N) is 4. The zero-order chi connectivity index (χ0) is 49.7. The highest BCUT2D eigenvalue weighted by Gasteiger charge is 2.23. The van der Waals surface area contributed by atoms with Crippen molar-refractivity contribution < 1.29 is 18.1 Å². The van der Waals surface area contributed by atoms with E-state index in [4.69, 9.17) is 26.2 Å². The third-order valence-corrected chi connectivity index (χ3v) is 11.1. The van der Waals surface area contributed by atoms with Gasteiger partial charge in [0.25, 0.3) is 0 Å². The van der Waals surface area contributed by atoms with Gasteiger partial charge in [-0.3, -0.25) is 0 Å². The molecule has 0 aliphatic carbocycles. The summed E-state index contributed by atoms with van der Waals surface area (Å²) in [4.78, 5) is 15.0. The summed E-state index contributed by atoms with van der Waals surface area (Å²) in [7, 11) is 0. The number of rotatable bonds is 7. The zero-order valence-corrected chi connectivity index (χ0v) is 32.7. The first-order valence-corrected chi connectivity index (χ1v) is 20.0. The van der Waals surface area contributed by atoms with E-state index >= 15 is 0 Å². The summed E-state index contributed by atoms with van der Waals surface area (Å²) >= 11 is 0. The molecular weight excluding hydrogens is 757 g/mol. The van der Waals surface area contributed by atoms with Crippen LogP contribution in [0.3, 0.4) is 0 Å². The molecule has 9 aromatic carbocycles. The van der Waals surface area contributed by atoms with Gasteiger partial charge in [0.2, 0.25) is 0 Å². The first-order valence-electron chi connectivity index (χ1n) is 25.0. The summed E-state index contributed by atoms with van der Waals surface area (Å²) < 4.78 is 100. The Balaban J connectivity index is 1.26. The third kappa shape index (κ3) is 5.98. The van der Waals surface area contributed by atoms with Gasteiger partial charge >= 0.3 is 0 Å². The maximum Gasteiger partial charge on any atom is 0.164 e. The second-order valence-electron chi connectivity index (χ2n) is 14.7. The molecule has 0 fully saturated rings. The van der Waals surface area contributed by atoms with Gasteiger partial charge in [-0.15, -0.1) is 0 Å². The Hall–Kier alpha value is -8.41. The van der Waals surface area contributed by atoms with Crippen LogP contribution in [0.4, 0.5) is 0 Å². The lowest BCUT2D eigenvalue weighted by Crippen LogP contribution is -2.02. The number of fused-ring (bicyclic) bond motifs is 6. The van der Waals surface area contributed by atoms with E-state index in [9.17, 15) is 6.85 Å². The van der Waals surface area contributed by atoms with E-state index < -0.39 is 0 Å². The van der Waals surface area contributed by atoms with Gasteiger partial charge in [-0.25, -0.2) is 15.0 Å². The molecule has 0 spiro atoms. The maximum atomic E-state index is 10.2. The van der Waals surface area contributed by atoms with Crippen molar-refractivity contribution in [3.8, 4) is 73.2 Å². The lowest BCUT2D eigenvalue weighted by atomic mass is 9.94. The van der Waals surface area contributed by atoms with Gasteiger partial charge < -0.3 is 8.98 Å². The summed E-state index contributed by atoms with van der Waals surface area (Å²) in [5.41, 5.74) is 4.99. The third-order valence-electron chi connectivity index (χ3n) is 11.1. The van der Waals surface area contributed by atoms with Crippen molar-refractivity contribution in [2.45, 2.75) is 0 Å². The molecule has 0 unspecified atom stereocenters. The number of furan rings is 1. The van der Waals surface area contributed by atoms with E-state index in [0.717, 1.165) is 21.9 Å². The highest BCUT2D eigenvalue weighted by Crippen LogP contribution is 2.45. The molecule has 0 atom stereocenters. The van der Waals surface area contributed by atoms with Gasteiger partial charge in [0.05, 0.1) is 30.4 Å². The standard InChI is InChI=1S/C57H36N4O/c1-5-18-37(19-6-1)42-35-47(38-20-7-2-8-21-38)53-46-27-13-15-30-49(46)61(51(53)36-42)50-33-32-41(34-48(50)45-29-17-28-44-43-26-14-16-31-52(43)62-54(44)45)57-59-55(39-22-9-3-10-23-39)58-56(60-57)40-24-11-4-12-25-40/h1-36H/i1D,2D,13D,18D,19D,20D,21D,30D,35D,36D. The van der Waals surface area contributed by atoms with Crippen molar-refractivity contribution in [1.29, 1.82) is 0 Å². The van der Waals surface area contributed by atoms with E-state index in [0.29, 0.717) is 51.0 Å². The average molecular weight is 803 g/mol. The summed E-state index contributed by atoms with van der Waals surface area (Å²) in [6.07, 6.45) is 0. The van der Waals surface area contributed by atoms with Crippen LogP contribution in [0.1, 0.15) is 13.7 Å². The smallest absolute Gasteiger partial charge is 0.164 e. The van der Waals surface area contributed by atoms with Gasteiger partial charge in [-0.2, -0.15) is 0 Å². The first-order chi connectivity index (χ1) is 34.8. The number of aromatic nitrogens is 4. The predicted molar refractivity (Wildman–Crippen MR) is 254 cm³/mol. The topological polar surface area (TPSA) is 56.7 Å². The molecule has 0 bridgehead atoms. The van der Waals surface area contributed by atoms with Crippen LogP contribution in [0.15, 0.2) is 223 Å². The molecule has 3 aromatic heterocycles. The molecular formula is C57H36N4O. The highest BCUT2D eigenvalue weighted by atomic mass is 16.3. The van der Waals surface area contributed by atoms with Crippen molar-refractivity contribution in [1.82, 2.24) is 19.5 Å². The molecule has 0 saturated heterocycles. The molecule has 12 aromatic rings. The largest absolute Gasteiger partial charge is 0.455 e. The fourth-order valence-electron chi connectivity index (χ4n) is 8.26. The van der Waals surface area contributed by atoms with E-state index in [1.807, 2.05) is 121 Å². The summed E-state index contributed by atoms with van der Waals surface area (Å²) in [5, 5.41) is 2.19. The molecule has 0 aliphatic rings. The van der Waals surface area contributed by atoms with E-state index in [1.54, 1.807) is 4.57 Å².